The highest BCUT2D eigenvalue weighted by atomic mass is 16.5. The Morgan fingerprint density at radius 2 is 1.63 bits per heavy atom. The van der Waals surface area contributed by atoms with Crippen LogP contribution in [0.2, 0.25) is 0 Å². The molecule has 0 unspecified atom stereocenters. The molecule has 0 spiro atoms. The van der Waals surface area contributed by atoms with E-state index in [1.165, 1.54) is 20.3 Å². The molecule has 0 fully saturated rings. The Hall–Kier alpha value is -2.31. The maximum atomic E-state index is 12.1. The van der Waals surface area contributed by atoms with Gasteiger partial charge < -0.3 is 18.8 Å². The Morgan fingerprint density at radius 3 is 2.00 bits per heavy atom. The molecule has 0 saturated heterocycles. The number of nitrogens with zero attached hydrogens (tertiary/aromatic N) is 1. The van der Waals surface area contributed by atoms with Crippen molar-refractivity contribution in [2.45, 2.75) is 6.92 Å². The molecule has 1 aromatic heterocycles. The molecule has 0 radical (unpaired) electrons. The molecule has 7 nitrogen and oxygen atoms in total. The highest BCUT2D eigenvalue weighted by Crippen LogP contribution is 2.10. The van der Waals surface area contributed by atoms with Crippen LogP contribution in [0.4, 0.5) is 0 Å². The van der Waals surface area contributed by atoms with Gasteiger partial charge in [0.05, 0.1) is 14.2 Å². The molecule has 0 aliphatic heterocycles. The Balaban J connectivity index is 2.85. The van der Waals surface area contributed by atoms with Gasteiger partial charge in [-0.3, -0.25) is 14.4 Å². The maximum Gasteiger partial charge on any atom is 0.325 e. The summed E-state index contributed by atoms with van der Waals surface area (Å²) in [5, 5.41) is 0. The van der Waals surface area contributed by atoms with Crippen molar-refractivity contribution < 1.29 is 28.3 Å². The third-order valence-corrected chi connectivity index (χ3v) is 2.33. The van der Waals surface area contributed by atoms with Crippen molar-refractivity contribution in [3.8, 4) is 0 Å². The van der Waals surface area contributed by atoms with Crippen LogP contribution in [0.5, 0.6) is 0 Å². The first-order valence-electron chi connectivity index (χ1n) is 5.47. The number of aryl methyl sites for hydroxylation is 1. The molecular formula is C12H15NO6. The monoisotopic (exact) mass is 269 g/mol. The van der Waals surface area contributed by atoms with E-state index in [4.69, 9.17) is 4.42 Å². The number of carbonyl (C=O) groups is 3. The summed E-state index contributed by atoms with van der Waals surface area (Å²) < 4.78 is 14.1. The van der Waals surface area contributed by atoms with E-state index in [0.717, 1.165) is 4.90 Å². The molecule has 1 rings (SSSR count). The maximum absolute atomic E-state index is 12.1. The van der Waals surface area contributed by atoms with Crippen LogP contribution in [0.25, 0.3) is 0 Å². The lowest BCUT2D eigenvalue weighted by Gasteiger charge is -2.18. The highest BCUT2D eigenvalue weighted by molar-refractivity contribution is 5.95. The predicted molar refractivity (Wildman–Crippen MR) is 63.4 cm³/mol. The molecule has 1 heterocycles. The number of methoxy groups -OCH3 is 2. The molecule has 0 aromatic carbocycles. The summed E-state index contributed by atoms with van der Waals surface area (Å²) in [6.07, 6.45) is 0. The topological polar surface area (TPSA) is 86.0 Å². The van der Waals surface area contributed by atoms with Crippen LogP contribution in [0.15, 0.2) is 16.5 Å². The lowest BCUT2D eigenvalue weighted by atomic mass is 10.3. The number of rotatable bonds is 5. The SMILES string of the molecule is COC(=O)CN(CC(=O)OC)C(=O)c1ccc(C)o1. The van der Waals surface area contributed by atoms with Gasteiger partial charge in [0.2, 0.25) is 0 Å². The van der Waals surface area contributed by atoms with Crippen LogP contribution < -0.4 is 0 Å². The van der Waals surface area contributed by atoms with Gasteiger partial charge in [0.15, 0.2) is 5.76 Å². The summed E-state index contributed by atoms with van der Waals surface area (Å²) in [4.78, 5) is 35.5. The van der Waals surface area contributed by atoms with E-state index in [1.54, 1.807) is 13.0 Å². The van der Waals surface area contributed by atoms with Gasteiger partial charge in [-0.1, -0.05) is 0 Å². The molecule has 7 heteroatoms. The number of ether oxygens (including phenoxy) is 2. The molecular weight excluding hydrogens is 254 g/mol. The number of hydrogen-bond donors (Lipinski definition) is 0. The molecule has 0 N–H and O–H groups in total. The zero-order valence-corrected chi connectivity index (χ0v) is 11.0. The molecule has 0 bridgehead atoms. The van der Waals surface area contributed by atoms with E-state index >= 15 is 0 Å². The minimum atomic E-state index is -0.638. The smallest absolute Gasteiger partial charge is 0.325 e. The van der Waals surface area contributed by atoms with Crippen LogP contribution in [-0.2, 0) is 19.1 Å². The average Bonchev–Trinajstić information content (AvgIpc) is 2.83. The van der Waals surface area contributed by atoms with E-state index in [0.29, 0.717) is 5.76 Å². The second-order valence-electron chi connectivity index (χ2n) is 3.72. The molecule has 19 heavy (non-hydrogen) atoms. The van der Waals surface area contributed by atoms with Crippen LogP contribution in [0, 0.1) is 6.92 Å². The number of carbonyl (C=O) groups excluding carboxylic acids is 3. The summed E-state index contributed by atoms with van der Waals surface area (Å²) in [6, 6.07) is 3.08. The van der Waals surface area contributed by atoms with Crippen molar-refractivity contribution in [3.63, 3.8) is 0 Å². The van der Waals surface area contributed by atoms with Gasteiger partial charge in [-0.05, 0) is 19.1 Å². The quantitative estimate of drug-likeness (QED) is 0.718. The Bertz CT molecular complexity index is 460. The fourth-order valence-corrected chi connectivity index (χ4v) is 1.35. The number of esters is 2. The summed E-state index contributed by atoms with van der Waals surface area (Å²) in [7, 11) is 2.39. The van der Waals surface area contributed by atoms with Crippen molar-refractivity contribution in [2.75, 3.05) is 27.3 Å². The Kier molecular flexibility index (Phi) is 5.11. The first-order valence-corrected chi connectivity index (χ1v) is 5.47. The summed E-state index contributed by atoms with van der Waals surface area (Å²) in [5.74, 6) is -1.25. The molecule has 0 atom stereocenters. The normalized spacial score (nSPS) is 9.84. The van der Waals surface area contributed by atoms with Gasteiger partial charge in [-0.25, -0.2) is 0 Å². The fraction of sp³-hybridized carbons (Fsp3) is 0.417. The van der Waals surface area contributed by atoms with Gasteiger partial charge in [-0.15, -0.1) is 0 Å². The van der Waals surface area contributed by atoms with Gasteiger partial charge in [-0.2, -0.15) is 0 Å². The second-order valence-corrected chi connectivity index (χ2v) is 3.72. The Morgan fingerprint density at radius 1 is 1.11 bits per heavy atom. The van der Waals surface area contributed by atoms with Gasteiger partial charge in [0, 0.05) is 0 Å². The zero-order chi connectivity index (χ0) is 14.4. The van der Waals surface area contributed by atoms with E-state index in [9.17, 15) is 14.4 Å². The minimum absolute atomic E-state index is 0.0466. The standard InChI is InChI=1S/C12H15NO6/c1-8-4-5-9(19-8)12(16)13(6-10(14)17-2)7-11(15)18-3/h4-5H,6-7H2,1-3H3. The van der Waals surface area contributed by atoms with Crippen molar-refractivity contribution >= 4 is 17.8 Å². The van der Waals surface area contributed by atoms with E-state index in [-0.39, 0.29) is 18.8 Å². The number of furan rings is 1. The van der Waals surface area contributed by atoms with Crippen LogP contribution in [-0.4, -0.2) is 50.1 Å². The largest absolute Gasteiger partial charge is 0.468 e. The predicted octanol–water partition coefficient (Wildman–Crippen LogP) is 0.376. The Labute approximate surface area is 110 Å². The van der Waals surface area contributed by atoms with E-state index in [2.05, 4.69) is 9.47 Å². The second kappa shape index (κ2) is 6.58. The lowest BCUT2D eigenvalue weighted by Crippen LogP contribution is -2.40. The van der Waals surface area contributed by atoms with Crippen molar-refractivity contribution in [3.05, 3.63) is 23.7 Å². The molecule has 1 amide bonds. The molecule has 104 valence electrons. The number of hydrogen-bond acceptors (Lipinski definition) is 6. The van der Waals surface area contributed by atoms with Crippen LogP contribution in [0.1, 0.15) is 16.3 Å². The van der Waals surface area contributed by atoms with Gasteiger partial charge >= 0.3 is 11.9 Å². The highest BCUT2D eigenvalue weighted by Gasteiger charge is 2.24. The molecule has 0 saturated carbocycles. The summed E-state index contributed by atoms with van der Waals surface area (Å²) in [6.45, 7) is 0.968. The first-order chi connectivity index (χ1) is 8.97. The van der Waals surface area contributed by atoms with E-state index < -0.39 is 17.8 Å². The van der Waals surface area contributed by atoms with Crippen molar-refractivity contribution in [1.29, 1.82) is 0 Å². The molecule has 0 aliphatic carbocycles. The third-order valence-electron chi connectivity index (χ3n) is 2.33. The first kappa shape index (κ1) is 14.7. The fourth-order valence-electron chi connectivity index (χ4n) is 1.35. The summed E-state index contributed by atoms with van der Waals surface area (Å²) >= 11 is 0. The minimum Gasteiger partial charge on any atom is -0.468 e. The number of amides is 1. The van der Waals surface area contributed by atoms with Crippen LogP contribution in [0.3, 0.4) is 0 Å². The molecule has 1 aromatic rings. The summed E-state index contributed by atoms with van der Waals surface area (Å²) in [5.41, 5.74) is 0. The zero-order valence-electron chi connectivity index (χ0n) is 11.0. The van der Waals surface area contributed by atoms with Crippen LogP contribution >= 0.6 is 0 Å². The van der Waals surface area contributed by atoms with Gasteiger partial charge in [0.25, 0.3) is 5.91 Å². The van der Waals surface area contributed by atoms with E-state index in [1.807, 2.05) is 0 Å². The molecule has 0 aliphatic rings. The average molecular weight is 269 g/mol. The van der Waals surface area contributed by atoms with Crippen molar-refractivity contribution in [2.24, 2.45) is 0 Å². The van der Waals surface area contributed by atoms with Gasteiger partial charge in [0.1, 0.15) is 18.8 Å². The lowest BCUT2D eigenvalue weighted by molar-refractivity contribution is -0.144. The van der Waals surface area contributed by atoms with Crippen molar-refractivity contribution in [1.82, 2.24) is 4.90 Å². The third kappa shape index (κ3) is 4.13.